The number of carbonyl (C=O) groups is 1. The van der Waals surface area contributed by atoms with E-state index in [0.29, 0.717) is 63.3 Å². The van der Waals surface area contributed by atoms with Crippen molar-refractivity contribution in [3.8, 4) is 34.1 Å². The van der Waals surface area contributed by atoms with Gasteiger partial charge < -0.3 is 9.30 Å². The Hall–Kier alpha value is -4.45. The molecule has 2 aromatic heterocycles. The molecule has 1 saturated carbocycles. The molecule has 1 aliphatic heterocycles. The molecule has 48 heavy (non-hydrogen) atoms. The fourth-order valence-electron chi connectivity index (χ4n) is 6.15. The first-order valence-corrected chi connectivity index (χ1v) is 17.9. The van der Waals surface area contributed by atoms with Crippen LogP contribution >= 0.6 is 23.2 Å². The predicted molar refractivity (Wildman–Crippen MR) is 186 cm³/mol. The van der Waals surface area contributed by atoms with Crippen molar-refractivity contribution >= 4 is 45.0 Å². The maximum atomic E-state index is 12.6. The van der Waals surface area contributed by atoms with E-state index in [4.69, 9.17) is 32.9 Å². The summed E-state index contributed by atoms with van der Waals surface area (Å²) in [4.78, 5) is 16.9. The first kappa shape index (κ1) is 32.1. The van der Waals surface area contributed by atoms with Crippen LogP contribution < -0.4 is 13.8 Å². The Bertz CT molecular complexity index is 2060. The fourth-order valence-corrected chi connectivity index (χ4v) is 7.80. The average Bonchev–Trinajstić information content (AvgIpc) is 3.63. The number of hydrogen-bond acceptors (Lipinski definition) is 7. The molecule has 3 aromatic carbocycles. The highest BCUT2D eigenvalue weighted by atomic mass is 35.5. The molecule has 0 atom stereocenters. The fraction of sp³-hybridized carbons (Fsp3) is 0.257. The molecule has 10 nitrogen and oxygen atoms in total. The summed E-state index contributed by atoms with van der Waals surface area (Å²) in [5.74, 6) is 1.24. The summed E-state index contributed by atoms with van der Waals surface area (Å²) in [6.45, 7) is 0.393. The van der Waals surface area contributed by atoms with Crippen LogP contribution in [-0.2, 0) is 21.4 Å². The Morgan fingerprint density at radius 1 is 0.875 bits per heavy atom. The van der Waals surface area contributed by atoms with E-state index in [1.165, 1.54) is 32.1 Å². The van der Waals surface area contributed by atoms with Crippen molar-refractivity contribution in [3.63, 3.8) is 0 Å². The molecule has 0 radical (unpaired) electrons. The number of carbonyl (C=O) groups excluding carboxylic acids is 1. The highest BCUT2D eigenvalue weighted by molar-refractivity contribution is 7.92. The topological polar surface area (TPSA) is 119 Å². The monoisotopic (exact) mass is 702 g/mol. The van der Waals surface area contributed by atoms with E-state index < -0.39 is 16.1 Å². The summed E-state index contributed by atoms with van der Waals surface area (Å²) in [6, 6.07) is 24.0. The van der Waals surface area contributed by atoms with Gasteiger partial charge in [0.25, 0.3) is 5.91 Å². The van der Waals surface area contributed by atoms with Crippen LogP contribution in [-0.4, -0.2) is 47.2 Å². The Labute approximate surface area is 288 Å². The van der Waals surface area contributed by atoms with Gasteiger partial charge >= 0.3 is 10.2 Å². The van der Waals surface area contributed by atoms with Crippen molar-refractivity contribution in [2.24, 2.45) is 5.92 Å². The number of nitrogens with one attached hydrogen (secondary N) is 1. The average molecular weight is 704 g/mol. The Kier molecular flexibility index (Phi) is 9.09. The van der Waals surface area contributed by atoms with Crippen LogP contribution in [0.5, 0.6) is 5.88 Å². The number of anilines is 1. The second kappa shape index (κ2) is 13.6. The minimum absolute atomic E-state index is 0.291. The molecule has 0 spiro atoms. The van der Waals surface area contributed by atoms with Crippen LogP contribution in [0.15, 0.2) is 85.1 Å². The highest BCUT2D eigenvalue weighted by Gasteiger charge is 2.34. The lowest BCUT2D eigenvalue weighted by Gasteiger charge is -2.21. The van der Waals surface area contributed by atoms with E-state index in [1.807, 2.05) is 64.0 Å². The first-order chi connectivity index (χ1) is 23.2. The van der Waals surface area contributed by atoms with E-state index in [0.717, 1.165) is 21.1 Å². The molecule has 13 heteroatoms. The zero-order valence-electron chi connectivity index (χ0n) is 25.9. The van der Waals surface area contributed by atoms with Crippen molar-refractivity contribution in [1.82, 2.24) is 24.5 Å². The Morgan fingerprint density at radius 3 is 2.38 bits per heavy atom. The van der Waals surface area contributed by atoms with E-state index in [2.05, 4.69) is 10.2 Å². The smallest absolute Gasteiger partial charge is 0.326 e. The second-order valence-corrected chi connectivity index (χ2v) is 14.5. The largest absolute Gasteiger partial charge is 0.476 e. The molecular formula is C35H32Cl2N6O4S. The van der Waals surface area contributed by atoms with Gasteiger partial charge in [-0.1, -0.05) is 72.8 Å². The number of nitrogens with zero attached hydrogens (tertiary/aromatic N) is 5. The van der Waals surface area contributed by atoms with Crippen molar-refractivity contribution in [2.45, 2.75) is 38.5 Å². The number of benzene rings is 3. The minimum atomic E-state index is -3.97. The predicted octanol–water partition coefficient (Wildman–Crippen LogP) is 7.03. The lowest BCUT2D eigenvalue weighted by atomic mass is 9.90. The zero-order chi connectivity index (χ0) is 33.3. The number of halogens is 2. The summed E-state index contributed by atoms with van der Waals surface area (Å²) < 4.78 is 36.0. The van der Waals surface area contributed by atoms with Crippen LogP contribution in [0.3, 0.4) is 0 Å². The van der Waals surface area contributed by atoms with Gasteiger partial charge in [-0.2, -0.15) is 8.42 Å². The molecule has 5 aromatic rings. The molecular weight excluding hydrogens is 671 g/mol. The third-order valence-corrected chi connectivity index (χ3v) is 10.6. The van der Waals surface area contributed by atoms with Gasteiger partial charge in [-0.05, 0) is 66.8 Å². The first-order valence-electron chi connectivity index (χ1n) is 15.8. The summed E-state index contributed by atoms with van der Waals surface area (Å²) in [5, 5.41) is 9.67. The minimum Gasteiger partial charge on any atom is -0.476 e. The van der Waals surface area contributed by atoms with Crippen molar-refractivity contribution in [3.05, 3.63) is 106 Å². The van der Waals surface area contributed by atoms with Gasteiger partial charge in [-0.15, -0.1) is 10.2 Å². The molecule has 1 N–H and O–H groups in total. The van der Waals surface area contributed by atoms with E-state index in [-0.39, 0.29) is 6.54 Å². The number of amides is 1. The third kappa shape index (κ3) is 7.03. The Morgan fingerprint density at radius 2 is 1.67 bits per heavy atom. The molecule has 246 valence electrons. The molecule has 2 fully saturated rings. The van der Waals surface area contributed by atoms with Crippen molar-refractivity contribution in [1.29, 1.82) is 0 Å². The molecule has 2 aliphatic rings. The number of ether oxygens (including phenoxy) is 1. The third-order valence-electron chi connectivity index (χ3n) is 8.65. The zero-order valence-corrected chi connectivity index (χ0v) is 28.2. The Balaban J connectivity index is 1.14. The maximum Gasteiger partial charge on any atom is 0.326 e. The van der Waals surface area contributed by atoms with Crippen LogP contribution in [0.25, 0.3) is 28.2 Å². The maximum absolute atomic E-state index is 12.6. The lowest BCUT2D eigenvalue weighted by Crippen LogP contribution is -2.29. The summed E-state index contributed by atoms with van der Waals surface area (Å²) >= 11 is 12.7. The normalized spacial score (nSPS) is 16.2. The van der Waals surface area contributed by atoms with E-state index in [1.54, 1.807) is 30.3 Å². The number of rotatable bonds is 9. The van der Waals surface area contributed by atoms with Gasteiger partial charge in [0.2, 0.25) is 5.88 Å². The lowest BCUT2D eigenvalue weighted by molar-refractivity contribution is -0.117. The number of aromatic nitrogens is 4. The standard InChI is InChI=1S/C35H32Cl2N6O4S/c36-26-13-14-29(30(37)18-26)32-20-42(27-7-4-8-28(19-27)43-21-34(44)41-48(43,45)46)33(38-32)17-23-9-11-25(12-10-23)31-15-16-35(40-39-31)47-22-24-5-2-1-3-6-24/h4,7-16,18-20,24H,1-3,5-6,17,21-22H2,(H,41,44). The van der Waals surface area contributed by atoms with Crippen molar-refractivity contribution < 1.29 is 17.9 Å². The molecule has 3 heterocycles. The molecule has 1 saturated heterocycles. The van der Waals surface area contributed by atoms with Crippen LogP contribution in [0.1, 0.15) is 43.5 Å². The van der Waals surface area contributed by atoms with Gasteiger partial charge in [-0.25, -0.2) is 14.0 Å². The van der Waals surface area contributed by atoms with Gasteiger partial charge in [0.15, 0.2) is 0 Å². The second-order valence-electron chi connectivity index (χ2n) is 12.0. The quantitative estimate of drug-likeness (QED) is 0.175. The molecule has 7 rings (SSSR count). The number of imidazole rings is 1. The summed E-state index contributed by atoms with van der Waals surface area (Å²) in [5.41, 5.74) is 5.01. The molecule has 0 bridgehead atoms. The molecule has 1 aliphatic carbocycles. The van der Waals surface area contributed by atoms with Gasteiger partial charge in [-0.3, -0.25) is 4.79 Å². The van der Waals surface area contributed by atoms with Gasteiger partial charge in [0.1, 0.15) is 12.4 Å². The van der Waals surface area contributed by atoms with Gasteiger partial charge in [0, 0.05) is 40.5 Å². The van der Waals surface area contributed by atoms with Crippen LogP contribution in [0.4, 0.5) is 5.69 Å². The van der Waals surface area contributed by atoms with E-state index in [9.17, 15) is 13.2 Å². The van der Waals surface area contributed by atoms with Crippen molar-refractivity contribution in [2.75, 3.05) is 17.5 Å². The van der Waals surface area contributed by atoms with Crippen LogP contribution in [0, 0.1) is 5.92 Å². The molecule has 1 amide bonds. The number of hydrogen-bond donors (Lipinski definition) is 1. The highest BCUT2D eigenvalue weighted by Crippen LogP contribution is 2.33. The SMILES string of the molecule is O=C1CN(c2cccc(-n3cc(-c4ccc(Cl)cc4Cl)nc3Cc3ccc(-c4ccc(OCC5CCCCC5)nn4)cc3)c2)S(=O)(=O)N1. The molecule has 0 unspecified atom stereocenters. The van der Waals surface area contributed by atoms with E-state index >= 15 is 0 Å². The summed E-state index contributed by atoms with van der Waals surface area (Å²) in [7, 11) is -3.97. The van der Waals surface area contributed by atoms with Gasteiger partial charge in [0.05, 0.1) is 28.7 Å². The summed E-state index contributed by atoms with van der Waals surface area (Å²) in [6.07, 6.45) is 8.59. The van der Waals surface area contributed by atoms with Crippen LogP contribution in [0.2, 0.25) is 10.0 Å².